The third-order valence-corrected chi connectivity index (χ3v) is 10.6. The molecule has 0 heterocycles. The zero-order valence-electron chi connectivity index (χ0n) is 28.1. The van der Waals surface area contributed by atoms with E-state index in [2.05, 4.69) is 166 Å². The van der Waals surface area contributed by atoms with Crippen molar-refractivity contribution in [1.29, 1.82) is 0 Å². The second kappa shape index (κ2) is 11.7. The molecule has 0 aromatic heterocycles. The fourth-order valence-electron chi connectivity index (χ4n) is 8.20. The van der Waals surface area contributed by atoms with Gasteiger partial charge in [-0.1, -0.05) is 125 Å². The normalized spacial score (nSPS) is 14.4. The molecule has 2 aliphatic carbocycles. The van der Waals surface area contributed by atoms with Crippen LogP contribution in [0.25, 0.3) is 33.4 Å². The Kier molecular flexibility index (Phi) is 7.37. The zero-order chi connectivity index (χ0) is 32.1. The molecule has 0 N–H and O–H groups in total. The summed E-state index contributed by atoms with van der Waals surface area (Å²) in [6.07, 6.45) is 4.83. The van der Waals surface area contributed by atoms with E-state index in [4.69, 9.17) is 0 Å². The van der Waals surface area contributed by atoms with E-state index >= 15 is 0 Å². The van der Waals surface area contributed by atoms with E-state index in [9.17, 15) is 0 Å². The Morgan fingerprint density at radius 1 is 0.553 bits per heavy atom. The molecule has 0 amide bonds. The van der Waals surface area contributed by atoms with Gasteiger partial charge in [-0.2, -0.15) is 0 Å². The highest BCUT2D eigenvalue weighted by atomic mass is 15.1. The lowest BCUT2D eigenvalue weighted by atomic mass is 9.78. The lowest BCUT2D eigenvalue weighted by Crippen LogP contribution is -2.18. The van der Waals surface area contributed by atoms with Crippen LogP contribution < -0.4 is 4.90 Å². The quantitative estimate of drug-likeness (QED) is 0.182. The highest BCUT2D eigenvalue weighted by molar-refractivity contribution is 5.96. The molecular formula is C46H43N. The van der Waals surface area contributed by atoms with E-state index < -0.39 is 0 Å². The first-order valence-electron chi connectivity index (χ1n) is 17.4. The Labute approximate surface area is 280 Å². The molecule has 2 aliphatic rings. The molecule has 1 nitrogen and oxygen atoms in total. The highest BCUT2D eigenvalue weighted by Crippen LogP contribution is 2.54. The number of para-hydroxylation sites is 1. The van der Waals surface area contributed by atoms with Gasteiger partial charge in [0.15, 0.2) is 0 Å². The average Bonchev–Trinajstić information content (AvgIpc) is 3.34. The van der Waals surface area contributed by atoms with Gasteiger partial charge in [0.25, 0.3) is 0 Å². The van der Waals surface area contributed by atoms with E-state index in [-0.39, 0.29) is 5.41 Å². The summed E-state index contributed by atoms with van der Waals surface area (Å²) in [5.74, 6) is 0.414. The zero-order valence-corrected chi connectivity index (χ0v) is 28.1. The van der Waals surface area contributed by atoms with Crippen LogP contribution >= 0.6 is 0 Å². The van der Waals surface area contributed by atoms with Crippen molar-refractivity contribution in [1.82, 2.24) is 0 Å². The summed E-state index contributed by atoms with van der Waals surface area (Å²) in [5, 5.41) is 0. The number of nitrogens with zero attached hydrogens (tertiary/aromatic N) is 1. The van der Waals surface area contributed by atoms with Crippen molar-refractivity contribution in [2.45, 2.75) is 64.7 Å². The summed E-state index contributed by atoms with van der Waals surface area (Å²) in [6.45, 7) is 9.51. The monoisotopic (exact) mass is 609 g/mol. The predicted octanol–water partition coefficient (Wildman–Crippen LogP) is 12.8. The fraction of sp³-hybridized carbons (Fsp3) is 0.217. The summed E-state index contributed by atoms with van der Waals surface area (Å²) in [7, 11) is 0. The molecule has 0 saturated heterocycles. The number of rotatable bonds is 6. The molecular weight excluding hydrogens is 567 g/mol. The van der Waals surface area contributed by atoms with Crippen LogP contribution in [-0.2, 0) is 18.3 Å². The van der Waals surface area contributed by atoms with Gasteiger partial charge in [0.2, 0.25) is 0 Å². The Bertz CT molecular complexity index is 2070. The molecule has 1 heteroatoms. The van der Waals surface area contributed by atoms with E-state index in [0.717, 1.165) is 6.42 Å². The second-order valence-electron chi connectivity index (χ2n) is 14.2. The van der Waals surface area contributed by atoms with Crippen LogP contribution in [0.5, 0.6) is 0 Å². The molecule has 47 heavy (non-hydrogen) atoms. The summed E-state index contributed by atoms with van der Waals surface area (Å²) in [6, 6.07) is 49.8. The van der Waals surface area contributed by atoms with Crippen molar-refractivity contribution in [3.8, 4) is 33.4 Å². The standard InChI is InChI=1S/C46H43N/c1-31(2)37-28-25-34-17-11-12-20-38(34)45(37)41-29-40-39-21-13-14-22-42(39)46(3,4)43(40)30-44(41)47(35-18-9-6-10-19-35)36-26-23-33(24-27-36)32-15-7-5-8-16-32/h5-10,13-16,18-19,21-31H,11-12,17,20H2,1-4H3. The maximum absolute atomic E-state index is 2.56. The first kappa shape index (κ1) is 29.5. The maximum Gasteiger partial charge on any atom is 0.0543 e. The molecule has 8 rings (SSSR count). The van der Waals surface area contributed by atoms with Crippen LogP contribution in [0.1, 0.15) is 74.3 Å². The lowest BCUT2D eigenvalue weighted by molar-refractivity contribution is 0.660. The molecule has 0 bridgehead atoms. The third-order valence-electron chi connectivity index (χ3n) is 10.6. The second-order valence-corrected chi connectivity index (χ2v) is 14.2. The topological polar surface area (TPSA) is 3.24 Å². The first-order chi connectivity index (χ1) is 22.9. The van der Waals surface area contributed by atoms with Gasteiger partial charge < -0.3 is 4.90 Å². The van der Waals surface area contributed by atoms with Crippen LogP contribution in [0.3, 0.4) is 0 Å². The van der Waals surface area contributed by atoms with Crippen molar-refractivity contribution in [3.05, 3.63) is 161 Å². The summed E-state index contributed by atoms with van der Waals surface area (Å²) < 4.78 is 0. The summed E-state index contributed by atoms with van der Waals surface area (Å²) in [5.41, 5.74) is 18.8. The minimum atomic E-state index is -0.101. The van der Waals surface area contributed by atoms with E-state index in [1.54, 1.807) is 5.56 Å². The molecule has 0 radical (unpaired) electrons. The Hall–Kier alpha value is -4.88. The summed E-state index contributed by atoms with van der Waals surface area (Å²) in [4.78, 5) is 2.51. The Morgan fingerprint density at radius 2 is 1.19 bits per heavy atom. The van der Waals surface area contributed by atoms with Crippen molar-refractivity contribution in [2.75, 3.05) is 4.90 Å². The van der Waals surface area contributed by atoms with Gasteiger partial charge in [-0.3, -0.25) is 0 Å². The van der Waals surface area contributed by atoms with Gasteiger partial charge in [-0.15, -0.1) is 0 Å². The van der Waals surface area contributed by atoms with Gasteiger partial charge in [0.05, 0.1) is 5.69 Å². The largest absolute Gasteiger partial charge is 0.310 e. The van der Waals surface area contributed by atoms with Crippen LogP contribution in [0.15, 0.2) is 133 Å². The van der Waals surface area contributed by atoms with Gasteiger partial charge in [-0.05, 0) is 124 Å². The minimum Gasteiger partial charge on any atom is -0.310 e. The molecule has 0 fully saturated rings. The highest BCUT2D eigenvalue weighted by Gasteiger charge is 2.37. The number of aryl methyl sites for hydroxylation is 1. The third kappa shape index (κ3) is 5.01. The maximum atomic E-state index is 2.56. The molecule has 0 saturated carbocycles. The van der Waals surface area contributed by atoms with Gasteiger partial charge in [0.1, 0.15) is 0 Å². The molecule has 0 aliphatic heterocycles. The van der Waals surface area contributed by atoms with E-state index in [1.165, 1.54) is 92.0 Å². The molecule has 6 aromatic rings. The van der Waals surface area contributed by atoms with Gasteiger partial charge in [-0.25, -0.2) is 0 Å². The van der Waals surface area contributed by atoms with Gasteiger partial charge in [0, 0.05) is 22.4 Å². The lowest BCUT2D eigenvalue weighted by Gasteiger charge is -2.32. The number of hydrogen-bond acceptors (Lipinski definition) is 1. The number of fused-ring (bicyclic) bond motifs is 4. The predicted molar refractivity (Wildman–Crippen MR) is 200 cm³/mol. The summed E-state index contributed by atoms with van der Waals surface area (Å²) >= 11 is 0. The average molecular weight is 610 g/mol. The van der Waals surface area contributed by atoms with Crippen LogP contribution in [-0.4, -0.2) is 0 Å². The van der Waals surface area contributed by atoms with Crippen molar-refractivity contribution < 1.29 is 0 Å². The molecule has 0 unspecified atom stereocenters. The Morgan fingerprint density at radius 3 is 1.94 bits per heavy atom. The smallest absolute Gasteiger partial charge is 0.0543 e. The van der Waals surface area contributed by atoms with Crippen molar-refractivity contribution >= 4 is 17.1 Å². The van der Waals surface area contributed by atoms with Crippen molar-refractivity contribution in [2.24, 2.45) is 0 Å². The van der Waals surface area contributed by atoms with Crippen LogP contribution in [0, 0.1) is 0 Å². The van der Waals surface area contributed by atoms with Crippen LogP contribution in [0.4, 0.5) is 17.1 Å². The molecule has 6 aromatic carbocycles. The first-order valence-corrected chi connectivity index (χ1v) is 17.4. The molecule has 0 spiro atoms. The fourth-order valence-corrected chi connectivity index (χ4v) is 8.20. The number of benzene rings is 6. The van der Waals surface area contributed by atoms with Gasteiger partial charge >= 0.3 is 0 Å². The van der Waals surface area contributed by atoms with E-state index in [0.29, 0.717) is 5.92 Å². The SMILES string of the molecule is CC(C)c1ccc2c(c1-c1cc3c(cc1N(c1ccccc1)c1ccc(-c4ccccc4)cc1)C(C)(C)c1ccccc1-3)CCCC2. The number of hydrogen-bond donors (Lipinski definition) is 0. The molecule has 0 atom stereocenters. The number of anilines is 3. The van der Waals surface area contributed by atoms with Crippen LogP contribution in [0.2, 0.25) is 0 Å². The van der Waals surface area contributed by atoms with Crippen molar-refractivity contribution in [3.63, 3.8) is 0 Å². The van der Waals surface area contributed by atoms with E-state index in [1.807, 2.05) is 0 Å². The molecule has 232 valence electrons. The Balaban J connectivity index is 1.44. The minimum absolute atomic E-state index is 0.101.